The first-order valence-electron chi connectivity index (χ1n) is 5.75. The van der Waals surface area contributed by atoms with Gasteiger partial charge in [0, 0.05) is 19.8 Å². The molecule has 0 aliphatic heterocycles. The summed E-state index contributed by atoms with van der Waals surface area (Å²) in [4.78, 5) is 0. The first-order valence-corrected chi connectivity index (χ1v) is 6.13. The van der Waals surface area contributed by atoms with E-state index in [2.05, 4.69) is 12.0 Å². The number of aryl methyl sites for hydroxylation is 1. The van der Waals surface area contributed by atoms with E-state index in [1.54, 1.807) is 6.20 Å². The van der Waals surface area contributed by atoms with Crippen molar-refractivity contribution in [1.29, 1.82) is 0 Å². The lowest BCUT2D eigenvalue weighted by Crippen LogP contribution is -2.18. The minimum Gasteiger partial charge on any atom is -0.382 e. The van der Waals surface area contributed by atoms with E-state index in [9.17, 15) is 0 Å². The molecule has 0 bridgehead atoms. The molecule has 5 heteroatoms. The van der Waals surface area contributed by atoms with Crippen molar-refractivity contribution in [3.63, 3.8) is 0 Å². The van der Waals surface area contributed by atoms with Gasteiger partial charge in [-0.1, -0.05) is 18.5 Å². The van der Waals surface area contributed by atoms with Gasteiger partial charge in [-0.25, -0.2) is 0 Å². The minimum atomic E-state index is -0.104. The largest absolute Gasteiger partial charge is 0.382 e. The summed E-state index contributed by atoms with van der Waals surface area (Å²) in [5, 5.41) is 4.87. The maximum Gasteiger partial charge on any atom is 0.0834 e. The third-order valence-corrected chi connectivity index (χ3v) is 2.69. The molecule has 2 N–H and O–H groups in total. The lowest BCUT2D eigenvalue weighted by atomic mass is 10.1. The number of hydrogen-bond donors (Lipinski definition) is 1. The van der Waals surface area contributed by atoms with E-state index < -0.39 is 0 Å². The van der Waals surface area contributed by atoms with Gasteiger partial charge in [-0.15, -0.1) is 0 Å². The van der Waals surface area contributed by atoms with Crippen LogP contribution in [0.2, 0.25) is 5.02 Å². The van der Waals surface area contributed by atoms with Crippen molar-refractivity contribution in [2.75, 3.05) is 13.2 Å². The van der Waals surface area contributed by atoms with Crippen LogP contribution < -0.4 is 5.73 Å². The van der Waals surface area contributed by atoms with Gasteiger partial charge in [0.05, 0.1) is 23.0 Å². The van der Waals surface area contributed by atoms with Gasteiger partial charge in [0.2, 0.25) is 0 Å². The van der Waals surface area contributed by atoms with Crippen LogP contribution in [0.5, 0.6) is 0 Å². The van der Waals surface area contributed by atoms with Crippen LogP contribution in [0.4, 0.5) is 0 Å². The van der Waals surface area contributed by atoms with E-state index in [-0.39, 0.29) is 6.04 Å². The van der Waals surface area contributed by atoms with Crippen molar-refractivity contribution in [1.82, 2.24) is 9.78 Å². The fraction of sp³-hybridized carbons (Fsp3) is 0.727. The monoisotopic (exact) mass is 245 g/mol. The number of hydrogen-bond acceptors (Lipinski definition) is 3. The van der Waals surface area contributed by atoms with Gasteiger partial charge in [0.1, 0.15) is 0 Å². The van der Waals surface area contributed by atoms with Gasteiger partial charge in [0.25, 0.3) is 0 Å². The zero-order chi connectivity index (χ0) is 12.0. The average Bonchev–Trinajstić information content (AvgIpc) is 2.61. The lowest BCUT2D eigenvalue weighted by molar-refractivity contribution is 0.139. The SMILES string of the molecule is CCCn1ncc(Cl)c1C(N)CCOCC. The Bertz CT molecular complexity index is 314. The van der Waals surface area contributed by atoms with E-state index >= 15 is 0 Å². The van der Waals surface area contributed by atoms with Crippen molar-refractivity contribution in [3.05, 3.63) is 16.9 Å². The molecule has 0 saturated carbocycles. The molecule has 0 aromatic carbocycles. The molecule has 4 nitrogen and oxygen atoms in total. The molecule has 1 heterocycles. The van der Waals surface area contributed by atoms with Crippen molar-refractivity contribution in [2.45, 2.75) is 39.3 Å². The molecule has 1 unspecified atom stereocenters. The molecule has 0 aliphatic carbocycles. The number of aromatic nitrogens is 2. The smallest absolute Gasteiger partial charge is 0.0834 e. The van der Waals surface area contributed by atoms with Crippen LogP contribution in [0.15, 0.2) is 6.20 Å². The Labute approximate surface area is 102 Å². The fourth-order valence-corrected chi connectivity index (χ4v) is 1.90. The molecular formula is C11H20ClN3O. The second-order valence-corrected chi connectivity index (χ2v) is 4.10. The van der Waals surface area contributed by atoms with E-state index in [4.69, 9.17) is 22.1 Å². The summed E-state index contributed by atoms with van der Waals surface area (Å²) in [6.45, 7) is 6.30. The molecule has 0 amide bonds. The number of nitrogens with zero attached hydrogens (tertiary/aromatic N) is 2. The van der Waals surface area contributed by atoms with Crippen molar-refractivity contribution < 1.29 is 4.74 Å². The zero-order valence-electron chi connectivity index (χ0n) is 9.95. The topological polar surface area (TPSA) is 53.1 Å². The Hall–Kier alpha value is -0.580. The van der Waals surface area contributed by atoms with E-state index in [1.807, 2.05) is 11.6 Å². The highest BCUT2D eigenvalue weighted by Gasteiger charge is 2.16. The second-order valence-electron chi connectivity index (χ2n) is 3.69. The second kappa shape index (κ2) is 6.89. The maximum atomic E-state index is 6.09. The van der Waals surface area contributed by atoms with Gasteiger partial charge < -0.3 is 10.5 Å². The van der Waals surface area contributed by atoms with E-state index in [0.29, 0.717) is 18.2 Å². The predicted octanol–water partition coefficient (Wildman–Crippen LogP) is 2.37. The van der Waals surface area contributed by atoms with Gasteiger partial charge >= 0.3 is 0 Å². The van der Waals surface area contributed by atoms with Crippen molar-refractivity contribution in [3.8, 4) is 0 Å². The highest BCUT2D eigenvalue weighted by molar-refractivity contribution is 6.31. The molecule has 0 fully saturated rings. The lowest BCUT2D eigenvalue weighted by Gasteiger charge is -2.14. The van der Waals surface area contributed by atoms with Gasteiger partial charge in [-0.05, 0) is 19.8 Å². The third-order valence-electron chi connectivity index (χ3n) is 2.40. The summed E-state index contributed by atoms with van der Waals surface area (Å²) < 4.78 is 7.18. The Kier molecular flexibility index (Phi) is 5.80. The number of ether oxygens (including phenoxy) is 1. The highest BCUT2D eigenvalue weighted by atomic mass is 35.5. The predicted molar refractivity (Wildman–Crippen MR) is 65.6 cm³/mol. The maximum absolute atomic E-state index is 6.09. The van der Waals surface area contributed by atoms with Crippen LogP contribution in [0.1, 0.15) is 38.4 Å². The molecule has 1 atom stereocenters. The van der Waals surface area contributed by atoms with Crippen LogP contribution in [0.3, 0.4) is 0 Å². The molecule has 1 aromatic rings. The van der Waals surface area contributed by atoms with Crippen LogP contribution in [-0.4, -0.2) is 23.0 Å². The molecule has 1 rings (SSSR count). The molecule has 0 saturated heterocycles. The Morgan fingerprint density at radius 1 is 1.56 bits per heavy atom. The summed E-state index contributed by atoms with van der Waals surface area (Å²) in [6, 6.07) is -0.104. The molecule has 1 aromatic heterocycles. The molecule has 92 valence electrons. The van der Waals surface area contributed by atoms with Crippen molar-refractivity contribution >= 4 is 11.6 Å². The number of halogens is 1. The summed E-state index contributed by atoms with van der Waals surface area (Å²) in [6.07, 6.45) is 3.44. The molecule has 0 spiro atoms. The van der Waals surface area contributed by atoms with Gasteiger partial charge in [0.15, 0.2) is 0 Å². The summed E-state index contributed by atoms with van der Waals surface area (Å²) in [5.74, 6) is 0. The van der Waals surface area contributed by atoms with E-state index in [0.717, 1.165) is 25.1 Å². The fourth-order valence-electron chi connectivity index (χ4n) is 1.62. The number of nitrogens with two attached hydrogens (primary N) is 1. The van der Waals surface area contributed by atoms with Crippen LogP contribution >= 0.6 is 11.6 Å². The molecule has 0 aliphatic rings. The average molecular weight is 246 g/mol. The molecular weight excluding hydrogens is 226 g/mol. The van der Waals surface area contributed by atoms with Crippen LogP contribution in [-0.2, 0) is 11.3 Å². The Morgan fingerprint density at radius 3 is 2.94 bits per heavy atom. The normalized spacial score (nSPS) is 13.0. The zero-order valence-corrected chi connectivity index (χ0v) is 10.7. The molecule has 0 radical (unpaired) electrons. The quantitative estimate of drug-likeness (QED) is 0.751. The summed E-state index contributed by atoms with van der Waals surface area (Å²) in [5.41, 5.74) is 7.01. The minimum absolute atomic E-state index is 0.104. The molecule has 16 heavy (non-hydrogen) atoms. The highest BCUT2D eigenvalue weighted by Crippen LogP contribution is 2.23. The van der Waals surface area contributed by atoms with Crippen LogP contribution in [0.25, 0.3) is 0 Å². The standard InChI is InChI=1S/C11H20ClN3O/c1-3-6-15-11(9(12)8-14-15)10(13)5-7-16-4-2/h8,10H,3-7,13H2,1-2H3. The van der Waals surface area contributed by atoms with Crippen LogP contribution in [0, 0.1) is 0 Å². The van der Waals surface area contributed by atoms with Gasteiger partial charge in [-0.2, -0.15) is 5.10 Å². The van der Waals surface area contributed by atoms with Crippen molar-refractivity contribution in [2.24, 2.45) is 5.73 Å². The van der Waals surface area contributed by atoms with E-state index in [1.165, 1.54) is 0 Å². The first-order chi connectivity index (χ1) is 7.70. The summed E-state index contributed by atoms with van der Waals surface area (Å²) >= 11 is 6.08. The summed E-state index contributed by atoms with van der Waals surface area (Å²) in [7, 11) is 0. The Morgan fingerprint density at radius 2 is 2.31 bits per heavy atom. The first kappa shape index (κ1) is 13.5. The third kappa shape index (κ3) is 3.47. The van der Waals surface area contributed by atoms with Gasteiger partial charge in [-0.3, -0.25) is 4.68 Å². The Balaban J connectivity index is 2.65. The number of rotatable bonds is 7.